The molecule has 1 unspecified atom stereocenters. The Bertz CT molecular complexity index is 445. The van der Waals surface area contributed by atoms with Gasteiger partial charge in [-0.15, -0.1) is 0 Å². The van der Waals surface area contributed by atoms with Gasteiger partial charge in [-0.05, 0) is 55.2 Å². The molecule has 0 amide bonds. The van der Waals surface area contributed by atoms with E-state index in [0.717, 1.165) is 50.7 Å². The van der Waals surface area contributed by atoms with Crippen LogP contribution in [-0.2, 0) is 24.0 Å². The van der Waals surface area contributed by atoms with E-state index in [1.165, 1.54) is 16.7 Å². The van der Waals surface area contributed by atoms with Crippen molar-refractivity contribution in [3.63, 3.8) is 0 Å². The van der Waals surface area contributed by atoms with E-state index in [0.29, 0.717) is 0 Å². The summed E-state index contributed by atoms with van der Waals surface area (Å²) in [4.78, 5) is 12.8. The van der Waals surface area contributed by atoms with Crippen LogP contribution in [0.15, 0.2) is 12.1 Å². The zero-order valence-electron chi connectivity index (χ0n) is 13.0. The van der Waals surface area contributed by atoms with Crippen LogP contribution in [0.5, 0.6) is 0 Å². The van der Waals surface area contributed by atoms with Crippen LogP contribution < -0.4 is 0 Å². The third-order valence-electron chi connectivity index (χ3n) is 4.25. The van der Waals surface area contributed by atoms with Gasteiger partial charge in [0.15, 0.2) is 5.78 Å². The summed E-state index contributed by atoms with van der Waals surface area (Å²) in [6.07, 6.45) is 5.69. The zero-order valence-corrected chi connectivity index (χ0v) is 13.0. The Morgan fingerprint density at radius 2 is 1.75 bits per heavy atom. The second-order valence-electron chi connectivity index (χ2n) is 5.57. The maximum Gasteiger partial charge on any atom is 0.192 e. The summed E-state index contributed by atoms with van der Waals surface area (Å²) in [5.41, 5.74) is 4.67. The van der Waals surface area contributed by atoms with Gasteiger partial charge < -0.3 is 4.74 Å². The molecular weight excluding hydrogens is 248 g/mol. The number of aryl methyl sites for hydroxylation is 3. The van der Waals surface area contributed by atoms with Crippen LogP contribution in [0.1, 0.15) is 67.1 Å². The van der Waals surface area contributed by atoms with Gasteiger partial charge in [0.1, 0.15) is 6.10 Å². The highest BCUT2D eigenvalue weighted by Crippen LogP contribution is 2.25. The maximum absolute atomic E-state index is 12.8. The minimum Gasteiger partial charge on any atom is -0.370 e. The van der Waals surface area contributed by atoms with Gasteiger partial charge in [-0.2, -0.15) is 0 Å². The molecule has 0 aromatic heterocycles. The molecule has 1 aromatic rings. The first-order valence-electron chi connectivity index (χ1n) is 8.01. The molecule has 1 saturated heterocycles. The SMILES string of the molecule is CCc1cc(CC)c(C(=O)C2CCCCO2)c(CC)c1. The molecule has 0 aliphatic carbocycles. The Labute approximate surface area is 122 Å². The fourth-order valence-electron chi connectivity index (χ4n) is 3.03. The molecule has 0 radical (unpaired) electrons. The lowest BCUT2D eigenvalue weighted by atomic mass is 9.88. The second-order valence-corrected chi connectivity index (χ2v) is 5.57. The van der Waals surface area contributed by atoms with E-state index in [1.807, 2.05) is 0 Å². The summed E-state index contributed by atoms with van der Waals surface area (Å²) < 4.78 is 5.70. The molecule has 2 rings (SSSR count). The monoisotopic (exact) mass is 274 g/mol. The molecule has 1 fully saturated rings. The van der Waals surface area contributed by atoms with Crippen LogP contribution in [0, 0.1) is 0 Å². The van der Waals surface area contributed by atoms with E-state index < -0.39 is 0 Å². The van der Waals surface area contributed by atoms with E-state index >= 15 is 0 Å². The summed E-state index contributed by atoms with van der Waals surface area (Å²) in [5.74, 6) is 0.209. The third-order valence-corrected chi connectivity index (χ3v) is 4.25. The van der Waals surface area contributed by atoms with Crippen LogP contribution in [0.2, 0.25) is 0 Å². The van der Waals surface area contributed by atoms with Gasteiger partial charge >= 0.3 is 0 Å². The Morgan fingerprint density at radius 3 is 2.20 bits per heavy atom. The van der Waals surface area contributed by atoms with Gasteiger partial charge in [0.25, 0.3) is 0 Å². The number of hydrogen-bond acceptors (Lipinski definition) is 2. The Morgan fingerprint density at radius 1 is 1.10 bits per heavy atom. The highest BCUT2D eigenvalue weighted by atomic mass is 16.5. The van der Waals surface area contributed by atoms with Crippen LogP contribution in [0.3, 0.4) is 0 Å². The fraction of sp³-hybridized carbons (Fsp3) is 0.611. The van der Waals surface area contributed by atoms with E-state index in [-0.39, 0.29) is 11.9 Å². The molecule has 0 bridgehead atoms. The number of carbonyl (C=O) groups excluding carboxylic acids is 1. The van der Waals surface area contributed by atoms with Crippen molar-refractivity contribution in [2.24, 2.45) is 0 Å². The highest BCUT2D eigenvalue weighted by molar-refractivity contribution is 6.02. The van der Waals surface area contributed by atoms with E-state index in [4.69, 9.17) is 4.74 Å². The van der Waals surface area contributed by atoms with Gasteiger partial charge in [-0.25, -0.2) is 0 Å². The molecule has 20 heavy (non-hydrogen) atoms. The average Bonchev–Trinajstić information content (AvgIpc) is 2.53. The minimum absolute atomic E-state index is 0.209. The molecule has 1 aliphatic heterocycles. The third kappa shape index (κ3) is 3.12. The summed E-state index contributed by atoms with van der Waals surface area (Å²) in [6.45, 7) is 7.16. The molecule has 1 heterocycles. The largest absolute Gasteiger partial charge is 0.370 e. The number of rotatable bonds is 5. The van der Waals surface area contributed by atoms with Crippen molar-refractivity contribution >= 4 is 5.78 Å². The summed E-state index contributed by atoms with van der Waals surface area (Å²) >= 11 is 0. The van der Waals surface area contributed by atoms with Gasteiger partial charge in [0, 0.05) is 12.2 Å². The number of benzene rings is 1. The maximum atomic E-state index is 12.8. The van der Waals surface area contributed by atoms with Crippen LogP contribution in [-0.4, -0.2) is 18.5 Å². The average molecular weight is 274 g/mol. The van der Waals surface area contributed by atoms with Crippen molar-refractivity contribution in [2.75, 3.05) is 6.61 Å². The molecule has 0 saturated carbocycles. The minimum atomic E-state index is -0.216. The van der Waals surface area contributed by atoms with Gasteiger partial charge in [0.05, 0.1) is 0 Å². The van der Waals surface area contributed by atoms with E-state index in [1.54, 1.807) is 0 Å². The number of ketones is 1. The van der Waals surface area contributed by atoms with Crippen LogP contribution in [0.25, 0.3) is 0 Å². The first-order chi connectivity index (χ1) is 9.71. The van der Waals surface area contributed by atoms with E-state index in [2.05, 4.69) is 32.9 Å². The number of ether oxygens (including phenoxy) is 1. The zero-order chi connectivity index (χ0) is 14.5. The lowest BCUT2D eigenvalue weighted by molar-refractivity contribution is 0.0185. The molecule has 1 aliphatic rings. The van der Waals surface area contributed by atoms with Crippen molar-refractivity contribution in [2.45, 2.75) is 65.4 Å². The molecule has 1 aromatic carbocycles. The molecular formula is C18H26O2. The number of Topliss-reactive ketones (excluding diaryl/α,β-unsaturated/α-hetero) is 1. The number of hydrogen-bond donors (Lipinski definition) is 0. The predicted octanol–water partition coefficient (Wildman–Crippen LogP) is 4.13. The quantitative estimate of drug-likeness (QED) is 0.755. The standard InChI is InChI=1S/C18H26O2/c1-4-13-11-14(5-2)17(15(6-3)12-13)18(19)16-9-7-8-10-20-16/h11-12,16H,4-10H2,1-3H3. The lowest BCUT2D eigenvalue weighted by Crippen LogP contribution is -2.30. The lowest BCUT2D eigenvalue weighted by Gasteiger charge is -2.24. The fourth-order valence-corrected chi connectivity index (χ4v) is 3.03. The Hall–Kier alpha value is -1.15. The summed E-state index contributed by atoms with van der Waals surface area (Å²) in [6, 6.07) is 4.41. The Kier molecular flexibility index (Phi) is 5.36. The van der Waals surface area contributed by atoms with Crippen molar-refractivity contribution in [3.05, 3.63) is 34.4 Å². The molecule has 0 spiro atoms. The first kappa shape index (κ1) is 15.2. The summed E-state index contributed by atoms with van der Waals surface area (Å²) in [7, 11) is 0. The topological polar surface area (TPSA) is 26.3 Å². The molecule has 110 valence electrons. The van der Waals surface area contributed by atoms with Crippen LogP contribution >= 0.6 is 0 Å². The van der Waals surface area contributed by atoms with E-state index in [9.17, 15) is 4.79 Å². The van der Waals surface area contributed by atoms with Crippen molar-refractivity contribution in [3.8, 4) is 0 Å². The first-order valence-corrected chi connectivity index (χ1v) is 8.01. The second kappa shape index (κ2) is 7.03. The molecule has 1 atom stereocenters. The smallest absolute Gasteiger partial charge is 0.192 e. The normalized spacial score (nSPS) is 19.1. The van der Waals surface area contributed by atoms with Crippen LogP contribution in [0.4, 0.5) is 0 Å². The van der Waals surface area contributed by atoms with Crippen molar-refractivity contribution in [1.82, 2.24) is 0 Å². The van der Waals surface area contributed by atoms with Crippen molar-refractivity contribution < 1.29 is 9.53 Å². The highest BCUT2D eigenvalue weighted by Gasteiger charge is 2.26. The predicted molar refractivity (Wildman–Crippen MR) is 82.5 cm³/mol. The molecule has 2 heteroatoms. The Balaban J connectivity index is 2.39. The molecule has 0 N–H and O–H groups in total. The van der Waals surface area contributed by atoms with Gasteiger partial charge in [-0.3, -0.25) is 4.79 Å². The van der Waals surface area contributed by atoms with Gasteiger partial charge in [0.2, 0.25) is 0 Å². The number of carbonyl (C=O) groups is 1. The van der Waals surface area contributed by atoms with Crippen molar-refractivity contribution in [1.29, 1.82) is 0 Å². The summed E-state index contributed by atoms with van der Waals surface area (Å²) in [5, 5.41) is 0. The molecule has 2 nitrogen and oxygen atoms in total. The van der Waals surface area contributed by atoms with Gasteiger partial charge in [-0.1, -0.05) is 32.9 Å².